The van der Waals surface area contributed by atoms with Gasteiger partial charge in [-0.25, -0.2) is 0 Å². The number of anilines is 3. The van der Waals surface area contributed by atoms with Crippen molar-refractivity contribution in [1.82, 2.24) is 0 Å². The lowest BCUT2D eigenvalue weighted by atomic mass is 9.75. The van der Waals surface area contributed by atoms with Gasteiger partial charge in [0, 0.05) is 22.2 Å². The zero-order valence-corrected chi connectivity index (χ0v) is 28.5. The molecule has 0 amide bonds. The van der Waals surface area contributed by atoms with E-state index in [9.17, 15) is 0 Å². The Morgan fingerprint density at radius 3 is 1.18 bits per heavy atom. The Balaban J connectivity index is 1.41. The largest absolute Gasteiger partial charge is 0.310 e. The summed E-state index contributed by atoms with van der Waals surface area (Å²) in [6.07, 6.45) is 0. The van der Waals surface area contributed by atoms with Crippen LogP contribution in [0.4, 0.5) is 17.1 Å². The van der Waals surface area contributed by atoms with Crippen LogP contribution in [0.3, 0.4) is 0 Å². The van der Waals surface area contributed by atoms with Crippen molar-refractivity contribution < 1.29 is 0 Å². The van der Waals surface area contributed by atoms with Crippen molar-refractivity contribution in [3.8, 4) is 44.5 Å². The third-order valence-electron chi connectivity index (χ3n) is 11.0. The van der Waals surface area contributed by atoms with Gasteiger partial charge in [0.1, 0.15) is 0 Å². The minimum atomic E-state index is -0.215. The molecule has 1 nitrogen and oxygen atoms in total. The molecular weight excluding hydrogens is 591 g/mol. The Morgan fingerprint density at radius 1 is 0.347 bits per heavy atom. The van der Waals surface area contributed by atoms with Crippen molar-refractivity contribution in [2.75, 3.05) is 4.90 Å². The molecule has 7 aromatic carbocycles. The molecule has 2 aliphatic carbocycles. The van der Waals surface area contributed by atoms with Crippen molar-refractivity contribution >= 4 is 17.1 Å². The van der Waals surface area contributed by atoms with Crippen molar-refractivity contribution in [2.24, 2.45) is 0 Å². The van der Waals surface area contributed by atoms with Gasteiger partial charge in [0.05, 0.1) is 5.69 Å². The van der Waals surface area contributed by atoms with Gasteiger partial charge in [-0.15, -0.1) is 0 Å². The van der Waals surface area contributed by atoms with Gasteiger partial charge in [0.25, 0.3) is 0 Å². The standard InChI is InChI=1S/C48H39N/c1-47(2)42-27-13-11-25-38(42)40-31-41-39-26-12-14-28-43(39)48(3,4)45(41)46(44(40)47)49(36-23-15-21-34(29-36)32-17-7-5-8-18-32)37-24-16-22-35(30-37)33-19-9-6-10-20-33/h5-31H,1-4H3. The highest BCUT2D eigenvalue weighted by molar-refractivity contribution is 6.00. The number of rotatable bonds is 5. The van der Waals surface area contributed by atoms with Gasteiger partial charge in [0.2, 0.25) is 0 Å². The van der Waals surface area contributed by atoms with Crippen LogP contribution in [0.1, 0.15) is 49.9 Å². The lowest BCUT2D eigenvalue weighted by molar-refractivity contribution is 0.640. The monoisotopic (exact) mass is 629 g/mol. The maximum Gasteiger partial charge on any atom is 0.0555 e. The predicted octanol–water partition coefficient (Wildman–Crippen LogP) is 13.1. The minimum absolute atomic E-state index is 0.215. The van der Waals surface area contributed by atoms with Gasteiger partial charge in [0.15, 0.2) is 0 Å². The molecule has 0 radical (unpaired) electrons. The summed E-state index contributed by atoms with van der Waals surface area (Å²) in [4.78, 5) is 2.58. The van der Waals surface area contributed by atoms with E-state index >= 15 is 0 Å². The van der Waals surface area contributed by atoms with Crippen LogP contribution in [-0.2, 0) is 10.8 Å². The summed E-state index contributed by atoms with van der Waals surface area (Å²) in [5, 5.41) is 0. The van der Waals surface area contributed by atoms with Crippen LogP contribution in [-0.4, -0.2) is 0 Å². The first-order valence-corrected chi connectivity index (χ1v) is 17.4. The van der Waals surface area contributed by atoms with E-state index in [-0.39, 0.29) is 10.8 Å². The van der Waals surface area contributed by atoms with Crippen molar-refractivity contribution in [1.29, 1.82) is 0 Å². The molecule has 0 spiro atoms. The van der Waals surface area contributed by atoms with Gasteiger partial charge < -0.3 is 4.90 Å². The van der Waals surface area contributed by atoms with Gasteiger partial charge in [-0.2, -0.15) is 0 Å². The highest BCUT2D eigenvalue weighted by atomic mass is 15.2. The van der Waals surface area contributed by atoms with Crippen LogP contribution >= 0.6 is 0 Å². The van der Waals surface area contributed by atoms with E-state index in [0.29, 0.717) is 0 Å². The first-order chi connectivity index (χ1) is 23.8. The van der Waals surface area contributed by atoms with Gasteiger partial charge >= 0.3 is 0 Å². The molecule has 0 bridgehead atoms. The first kappa shape index (κ1) is 29.5. The Labute approximate surface area is 290 Å². The summed E-state index contributed by atoms with van der Waals surface area (Å²) in [7, 11) is 0. The van der Waals surface area contributed by atoms with E-state index in [1.165, 1.54) is 72.4 Å². The van der Waals surface area contributed by atoms with Crippen LogP contribution < -0.4 is 4.90 Å². The van der Waals surface area contributed by atoms with E-state index in [4.69, 9.17) is 0 Å². The lowest BCUT2D eigenvalue weighted by Crippen LogP contribution is -2.26. The highest BCUT2D eigenvalue weighted by Gasteiger charge is 2.46. The highest BCUT2D eigenvalue weighted by Crippen LogP contribution is 2.62. The SMILES string of the molecule is CC1(C)c2ccccc2-c2cc3c(c(N(c4cccc(-c5ccccc5)c4)c4cccc(-c5ccccc5)c4)c21)C(C)(C)c1ccccc1-3. The molecule has 0 fully saturated rings. The second-order valence-electron chi connectivity index (χ2n) is 14.6. The zero-order chi connectivity index (χ0) is 33.3. The first-order valence-electron chi connectivity index (χ1n) is 17.4. The summed E-state index contributed by atoms with van der Waals surface area (Å²) in [5.74, 6) is 0. The van der Waals surface area contributed by atoms with E-state index in [1.807, 2.05) is 0 Å². The molecule has 0 aromatic heterocycles. The molecule has 2 aliphatic rings. The topological polar surface area (TPSA) is 3.24 Å². The normalized spacial score (nSPS) is 14.4. The number of hydrogen-bond donors (Lipinski definition) is 0. The van der Waals surface area contributed by atoms with Gasteiger partial charge in [-0.3, -0.25) is 0 Å². The van der Waals surface area contributed by atoms with Crippen LogP contribution in [0, 0.1) is 0 Å². The fourth-order valence-corrected chi connectivity index (χ4v) is 8.70. The predicted molar refractivity (Wildman–Crippen MR) is 207 cm³/mol. The molecule has 0 atom stereocenters. The van der Waals surface area contributed by atoms with Crippen molar-refractivity contribution in [3.63, 3.8) is 0 Å². The quantitative estimate of drug-likeness (QED) is 0.183. The molecule has 0 unspecified atom stereocenters. The fraction of sp³-hybridized carbons (Fsp3) is 0.125. The Kier molecular flexibility index (Phi) is 6.58. The van der Waals surface area contributed by atoms with Crippen LogP contribution in [0.25, 0.3) is 44.5 Å². The number of benzene rings is 7. The summed E-state index contributed by atoms with van der Waals surface area (Å²) < 4.78 is 0. The van der Waals surface area contributed by atoms with E-state index < -0.39 is 0 Å². The van der Waals surface area contributed by atoms with Gasteiger partial charge in [-0.1, -0.05) is 161 Å². The minimum Gasteiger partial charge on any atom is -0.310 e. The molecule has 1 heteroatoms. The molecule has 236 valence electrons. The third-order valence-corrected chi connectivity index (χ3v) is 11.0. The second-order valence-corrected chi connectivity index (χ2v) is 14.6. The molecule has 0 aliphatic heterocycles. The van der Waals surface area contributed by atoms with E-state index in [2.05, 4.69) is 196 Å². The Hall–Kier alpha value is -5.66. The maximum absolute atomic E-state index is 2.58. The summed E-state index contributed by atoms with van der Waals surface area (Å²) >= 11 is 0. The van der Waals surface area contributed by atoms with Gasteiger partial charge in [-0.05, 0) is 97.1 Å². The summed E-state index contributed by atoms with van der Waals surface area (Å²) in [5.41, 5.74) is 18.9. The molecule has 0 N–H and O–H groups in total. The molecule has 0 saturated heterocycles. The fourth-order valence-electron chi connectivity index (χ4n) is 8.70. The third kappa shape index (κ3) is 4.46. The van der Waals surface area contributed by atoms with Crippen LogP contribution in [0.2, 0.25) is 0 Å². The molecule has 0 heterocycles. The maximum atomic E-state index is 2.58. The number of nitrogens with zero attached hydrogens (tertiary/aromatic N) is 1. The Morgan fingerprint density at radius 2 is 0.735 bits per heavy atom. The summed E-state index contributed by atoms with van der Waals surface area (Å²) in [6, 6.07) is 60.3. The lowest BCUT2D eigenvalue weighted by Gasteiger charge is -2.37. The van der Waals surface area contributed by atoms with Crippen molar-refractivity contribution in [2.45, 2.75) is 38.5 Å². The Bertz CT molecular complexity index is 2210. The average molecular weight is 630 g/mol. The molecule has 7 aromatic rings. The second kappa shape index (κ2) is 10.9. The molecule has 49 heavy (non-hydrogen) atoms. The molecular formula is C48H39N. The zero-order valence-electron chi connectivity index (χ0n) is 28.5. The molecule has 9 rings (SSSR count). The summed E-state index contributed by atoms with van der Waals surface area (Å²) in [6.45, 7) is 9.67. The smallest absolute Gasteiger partial charge is 0.0555 e. The van der Waals surface area contributed by atoms with E-state index in [0.717, 1.165) is 11.4 Å². The van der Waals surface area contributed by atoms with Crippen molar-refractivity contribution in [3.05, 3.63) is 186 Å². The van der Waals surface area contributed by atoms with E-state index in [1.54, 1.807) is 0 Å². The number of fused-ring (bicyclic) bond motifs is 6. The van der Waals surface area contributed by atoms with Crippen LogP contribution in [0.15, 0.2) is 164 Å². The average Bonchev–Trinajstić information content (AvgIpc) is 3.52. The molecule has 0 saturated carbocycles. The van der Waals surface area contributed by atoms with Crippen LogP contribution in [0.5, 0.6) is 0 Å². The number of hydrogen-bond acceptors (Lipinski definition) is 1.